The van der Waals surface area contributed by atoms with Crippen LogP contribution in [0.1, 0.15) is 17.5 Å². The zero-order chi connectivity index (χ0) is 13.9. The van der Waals surface area contributed by atoms with Gasteiger partial charge in [-0.1, -0.05) is 24.3 Å². The number of aliphatic hydroxyl groups is 1. The standard InChI is InChI=1S/C15H15F2NO/c16-13-5-1-3-11(9-13)15(19,7-8-18)12-4-2-6-14(17)10-12/h1-6,9-10,19H,7-8,18H2. The summed E-state index contributed by atoms with van der Waals surface area (Å²) in [7, 11) is 0. The zero-order valence-electron chi connectivity index (χ0n) is 10.3. The van der Waals surface area contributed by atoms with Gasteiger partial charge in [0.25, 0.3) is 0 Å². The Morgan fingerprint density at radius 3 is 1.79 bits per heavy atom. The monoisotopic (exact) mass is 263 g/mol. The maximum Gasteiger partial charge on any atom is 0.123 e. The van der Waals surface area contributed by atoms with E-state index in [0.29, 0.717) is 11.1 Å². The topological polar surface area (TPSA) is 46.2 Å². The fourth-order valence-corrected chi connectivity index (χ4v) is 2.16. The summed E-state index contributed by atoms with van der Waals surface area (Å²) < 4.78 is 26.6. The summed E-state index contributed by atoms with van der Waals surface area (Å²) in [5.41, 5.74) is 4.76. The second-order valence-corrected chi connectivity index (χ2v) is 4.42. The summed E-state index contributed by atoms with van der Waals surface area (Å²) in [5, 5.41) is 10.8. The van der Waals surface area contributed by atoms with E-state index in [-0.39, 0.29) is 13.0 Å². The van der Waals surface area contributed by atoms with Crippen LogP contribution in [0.5, 0.6) is 0 Å². The van der Waals surface area contributed by atoms with Gasteiger partial charge in [0.05, 0.1) is 0 Å². The number of halogens is 2. The first-order valence-electron chi connectivity index (χ1n) is 6.01. The molecule has 0 saturated heterocycles. The first-order chi connectivity index (χ1) is 9.06. The van der Waals surface area contributed by atoms with E-state index in [0.717, 1.165) is 0 Å². The molecule has 0 aliphatic carbocycles. The van der Waals surface area contributed by atoms with E-state index in [1.54, 1.807) is 12.1 Å². The zero-order valence-corrected chi connectivity index (χ0v) is 10.3. The highest BCUT2D eigenvalue weighted by Gasteiger charge is 2.31. The van der Waals surface area contributed by atoms with Crippen molar-refractivity contribution in [3.05, 3.63) is 71.3 Å². The first-order valence-corrected chi connectivity index (χ1v) is 6.01. The second kappa shape index (κ2) is 5.47. The van der Waals surface area contributed by atoms with Gasteiger partial charge in [0.15, 0.2) is 0 Å². The van der Waals surface area contributed by atoms with Crippen molar-refractivity contribution in [2.45, 2.75) is 12.0 Å². The number of rotatable bonds is 4. The second-order valence-electron chi connectivity index (χ2n) is 4.42. The van der Waals surface area contributed by atoms with Gasteiger partial charge >= 0.3 is 0 Å². The van der Waals surface area contributed by atoms with Crippen LogP contribution in [-0.4, -0.2) is 11.7 Å². The SMILES string of the molecule is NCCC(O)(c1cccc(F)c1)c1cccc(F)c1. The van der Waals surface area contributed by atoms with Crippen molar-refractivity contribution in [3.63, 3.8) is 0 Å². The van der Waals surface area contributed by atoms with Gasteiger partial charge in [-0.25, -0.2) is 8.78 Å². The van der Waals surface area contributed by atoms with Crippen molar-refractivity contribution in [1.29, 1.82) is 0 Å². The molecule has 2 aromatic carbocycles. The molecule has 0 aliphatic rings. The molecule has 0 amide bonds. The van der Waals surface area contributed by atoms with Crippen LogP contribution >= 0.6 is 0 Å². The van der Waals surface area contributed by atoms with Gasteiger partial charge in [-0.15, -0.1) is 0 Å². The van der Waals surface area contributed by atoms with Crippen molar-refractivity contribution in [2.75, 3.05) is 6.54 Å². The van der Waals surface area contributed by atoms with Crippen LogP contribution < -0.4 is 5.73 Å². The molecule has 0 aromatic heterocycles. The van der Waals surface area contributed by atoms with Gasteiger partial charge in [0, 0.05) is 0 Å². The predicted molar refractivity (Wildman–Crippen MR) is 69.5 cm³/mol. The fourth-order valence-electron chi connectivity index (χ4n) is 2.16. The molecule has 0 spiro atoms. The predicted octanol–water partition coefficient (Wildman–Crippen LogP) is 2.55. The van der Waals surface area contributed by atoms with Crippen molar-refractivity contribution in [2.24, 2.45) is 5.73 Å². The van der Waals surface area contributed by atoms with Crippen LogP contribution in [0.2, 0.25) is 0 Å². The van der Waals surface area contributed by atoms with Crippen LogP contribution in [0.3, 0.4) is 0 Å². The number of benzene rings is 2. The summed E-state index contributed by atoms with van der Waals surface area (Å²) in [4.78, 5) is 0. The minimum absolute atomic E-state index is 0.180. The molecular weight excluding hydrogens is 248 g/mol. The van der Waals surface area contributed by atoms with E-state index in [9.17, 15) is 13.9 Å². The Balaban J connectivity index is 2.54. The summed E-state index contributed by atoms with van der Waals surface area (Å²) in [6.45, 7) is 0.198. The normalized spacial score (nSPS) is 11.6. The van der Waals surface area contributed by atoms with E-state index in [1.165, 1.54) is 36.4 Å². The highest BCUT2D eigenvalue weighted by Crippen LogP contribution is 2.33. The summed E-state index contributed by atoms with van der Waals surface area (Å²) in [6, 6.07) is 11.3. The van der Waals surface area contributed by atoms with E-state index >= 15 is 0 Å². The maximum atomic E-state index is 13.3. The Kier molecular flexibility index (Phi) is 3.93. The molecular formula is C15H15F2NO. The number of hydrogen-bond donors (Lipinski definition) is 2. The maximum absolute atomic E-state index is 13.3. The molecule has 0 atom stereocenters. The summed E-state index contributed by atoms with van der Waals surface area (Å²) in [6.07, 6.45) is 0.180. The molecule has 0 aliphatic heterocycles. The third-order valence-electron chi connectivity index (χ3n) is 3.11. The summed E-state index contributed by atoms with van der Waals surface area (Å²) >= 11 is 0. The molecule has 0 unspecified atom stereocenters. The molecule has 4 heteroatoms. The van der Waals surface area contributed by atoms with Crippen LogP contribution in [0.15, 0.2) is 48.5 Å². The fraction of sp³-hybridized carbons (Fsp3) is 0.200. The van der Waals surface area contributed by atoms with Crippen molar-refractivity contribution >= 4 is 0 Å². The number of nitrogens with two attached hydrogens (primary N) is 1. The van der Waals surface area contributed by atoms with Crippen molar-refractivity contribution in [1.82, 2.24) is 0 Å². The van der Waals surface area contributed by atoms with Gasteiger partial charge in [0.1, 0.15) is 17.2 Å². The van der Waals surface area contributed by atoms with Crippen molar-refractivity contribution < 1.29 is 13.9 Å². The lowest BCUT2D eigenvalue weighted by Gasteiger charge is -2.29. The molecule has 0 fully saturated rings. The molecule has 0 heterocycles. The van der Waals surface area contributed by atoms with Gasteiger partial charge < -0.3 is 10.8 Å². The Morgan fingerprint density at radius 1 is 0.947 bits per heavy atom. The number of hydrogen-bond acceptors (Lipinski definition) is 2. The molecule has 0 saturated carbocycles. The molecule has 0 radical (unpaired) electrons. The van der Waals surface area contributed by atoms with E-state index in [2.05, 4.69) is 0 Å². The Morgan fingerprint density at radius 2 is 1.42 bits per heavy atom. The van der Waals surface area contributed by atoms with Crippen LogP contribution in [0.4, 0.5) is 8.78 Å². The average molecular weight is 263 g/mol. The molecule has 19 heavy (non-hydrogen) atoms. The van der Waals surface area contributed by atoms with Gasteiger partial charge in [-0.3, -0.25) is 0 Å². The third-order valence-corrected chi connectivity index (χ3v) is 3.11. The highest BCUT2D eigenvalue weighted by atomic mass is 19.1. The first kappa shape index (κ1) is 13.6. The largest absolute Gasteiger partial charge is 0.380 e. The molecule has 3 N–H and O–H groups in total. The third kappa shape index (κ3) is 2.80. The minimum Gasteiger partial charge on any atom is -0.380 e. The Hall–Kier alpha value is -1.78. The molecule has 2 aromatic rings. The van der Waals surface area contributed by atoms with Crippen molar-refractivity contribution in [3.8, 4) is 0 Å². The van der Waals surface area contributed by atoms with E-state index in [4.69, 9.17) is 5.73 Å². The lowest BCUT2D eigenvalue weighted by Crippen LogP contribution is -2.30. The van der Waals surface area contributed by atoms with Gasteiger partial charge in [-0.2, -0.15) is 0 Å². The lowest BCUT2D eigenvalue weighted by molar-refractivity contribution is 0.0730. The molecule has 100 valence electrons. The minimum atomic E-state index is -1.49. The van der Waals surface area contributed by atoms with Gasteiger partial charge in [-0.05, 0) is 48.4 Å². The van der Waals surface area contributed by atoms with Crippen LogP contribution in [0.25, 0.3) is 0 Å². The lowest BCUT2D eigenvalue weighted by atomic mass is 9.83. The molecule has 0 bridgehead atoms. The van der Waals surface area contributed by atoms with E-state index < -0.39 is 17.2 Å². The van der Waals surface area contributed by atoms with Crippen LogP contribution in [-0.2, 0) is 5.60 Å². The van der Waals surface area contributed by atoms with Gasteiger partial charge in [0.2, 0.25) is 0 Å². The quantitative estimate of drug-likeness (QED) is 0.890. The Bertz CT molecular complexity index is 526. The average Bonchev–Trinajstić information content (AvgIpc) is 2.39. The summed E-state index contributed by atoms with van der Waals surface area (Å²) in [5.74, 6) is -0.909. The smallest absolute Gasteiger partial charge is 0.123 e. The molecule has 2 rings (SSSR count). The van der Waals surface area contributed by atoms with Crippen LogP contribution in [0, 0.1) is 11.6 Å². The highest BCUT2D eigenvalue weighted by molar-refractivity contribution is 5.36. The molecule has 2 nitrogen and oxygen atoms in total. The van der Waals surface area contributed by atoms with E-state index in [1.807, 2.05) is 0 Å². The Labute approximate surface area is 110 Å².